The Labute approximate surface area is 74.6 Å². The number of anilines is 1. The van der Waals surface area contributed by atoms with Gasteiger partial charge in [-0.25, -0.2) is 13.2 Å². The molecule has 0 saturated carbocycles. The summed E-state index contributed by atoms with van der Waals surface area (Å²) in [6, 6.07) is 4.05. The summed E-state index contributed by atoms with van der Waals surface area (Å²) in [7, 11) is 0. The highest BCUT2D eigenvalue weighted by atomic mass is 19.3. The maximum atomic E-state index is 12.6. The van der Waals surface area contributed by atoms with E-state index in [2.05, 4.69) is 5.32 Å². The standard InChI is InChI=1S/C9H10F3N/c1-6-2-3-7(10)4-8(6)13-5-9(11)12/h2-4,9,13H,5H2,1H3. The molecule has 1 rings (SSSR count). The second-order valence-electron chi connectivity index (χ2n) is 2.73. The largest absolute Gasteiger partial charge is 0.379 e. The second-order valence-corrected chi connectivity index (χ2v) is 2.73. The van der Waals surface area contributed by atoms with Gasteiger partial charge in [-0.1, -0.05) is 6.07 Å². The molecular formula is C9H10F3N. The predicted octanol–water partition coefficient (Wildman–Crippen LogP) is 2.81. The minimum Gasteiger partial charge on any atom is -0.379 e. The van der Waals surface area contributed by atoms with E-state index in [1.54, 1.807) is 13.0 Å². The summed E-state index contributed by atoms with van der Waals surface area (Å²) in [6.07, 6.45) is -2.43. The van der Waals surface area contributed by atoms with E-state index in [-0.39, 0.29) is 0 Å². The normalized spacial score (nSPS) is 10.5. The zero-order valence-electron chi connectivity index (χ0n) is 7.15. The van der Waals surface area contributed by atoms with Gasteiger partial charge < -0.3 is 5.32 Å². The molecule has 0 aliphatic heterocycles. The van der Waals surface area contributed by atoms with Gasteiger partial charge in [-0.05, 0) is 24.6 Å². The quantitative estimate of drug-likeness (QED) is 0.770. The molecule has 0 unspecified atom stereocenters. The number of rotatable bonds is 3. The van der Waals surface area contributed by atoms with E-state index in [9.17, 15) is 13.2 Å². The van der Waals surface area contributed by atoms with Crippen LogP contribution in [0.2, 0.25) is 0 Å². The summed E-state index contributed by atoms with van der Waals surface area (Å²) in [5, 5.41) is 2.46. The first-order valence-electron chi connectivity index (χ1n) is 3.88. The van der Waals surface area contributed by atoms with Crippen molar-refractivity contribution in [1.29, 1.82) is 0 Å². The van der Waals surface area contributed by atoms with Gasteiger partial charge in [0, 0.05) is 5.69 Å². The Kier molecular flexibility index (Phi) is 3.17. The van der Waals surface area contributed by atoms with Crippen molar-refractivity contribution in [2.75, 3.05) is 11.9 Å². The molecule has 0 aromatic heterocycles. The average Bonchev–Trinajstić information content (AvgIpc) is 2.06. The van der Waals surface area contributed by atoms with Crippen molar-refractivity contribution >= 4 is 5.69 Å². The molecule has 0 aliphatic rings. The first kappa shape index (κ1) is 9.89. The lowest BCUT2D eigenvalue weighted by atomic mass is 10.2. The molecule has 0 saturated heterocycles. The Hall–Kier alpha value is -1.19. The van der Waals surface area contributed by atoms with Crippen LogP contribution < -0.4 is 5.32 Å². The van der Waals surface area contributed by atoms with Crippen LogP contribution in [0.3, 0.4) is 0 Å². The minimum atomic E-state index is -2.43. The highest BCUT2D eigenvalue weighted by Crippen LogP contribution is 2.15. The lowest BCUT2D eigenvalue weighted by Crippen LogP contribution is -2.11. The zero-order valence-corrected chi connectivity index (χ0v) is 7.15. The molecule has 1 aromatic rings. The lowest BCUT2D eigenvalue weighted by molar-refractivity contribution is 0.163. The summed E-state index contributed by atoms with van der Waals surface area (Å²) < 4.78 is 36.2. The van der Waals surface area contributed by atoms with Crippen molar-refractivity contribution in [3.63, 3.8) is 0 Å². The average molecular weight is 189 g/mol. The van der Waals surface area contributed by atoms with E-state index < -0.39 is 18.8 Å². The van der Waals surface area contributed by atoms with Gasteiger partial charge in [-0.3, -0.25) is 0 Å². The van der Waals surface area contributed by atoms with Gasteiger partial charge in [0.25, 0.3) is 6.43 Å². The molecule has 4 heteroatoms. The molecule has 13 heavy (non-hydrogen) atoms. The number of benzene rings is 1. The van der Waals surface area contributed by atoms with Crippen molar-refractivity contribution in [2.24, 2.45) is 0 Å². The van der Waals surface area contributed by atoms with Crippen molar-refractivity contribution in [3.05, 3.63) is 29.6 Å². The smallest absolute Gasteiger partial charge is 0.255 e. The molecule has 0 fully saturated rings. The molecule has 0 aliphatic carbocycles. The fraction of sp³-hybridized carbons (Fsp3) is 0.333. The molecule has 0 heterocycles. The van der Waals surface area contributed by atoms with Gasteiger partial charge in [0.1, 0.15) is 5.82 Å². The third-order valence-corrected chi connectivity index (χ3v) is 1.65. The lowest BCUT2D eigenvalue weighted by Gasteiger charge is -2.08. The fourth-order valence-electron chi connectivity index (χ4n) is 0.972. The Morgan fingerprint density at radius 3 is 2.69 bits per heavy atom. The number of hydrogen-bond acceptors (Lipinski definition) is 1. The number of halogens is 3. The van der Waals surface area contributed by atoms with E-state index in [0.29, 0.717) is 5.69 Å². The van der Waals surface area contributed by atoms with Crippen LogP contribution in [-0.2, 0) is 0 Å². The number of nitrogens with one attached hydrogen (secondary N) is 1. The van der Waals surface area contributed by atoms with E-state index >= 15 is 0 Å². The van der Waals surface area contributed by atoms with Gasteiger partial charge in [0.15, 0.2) is 0 Å². The topological polar surface area (TPSA) is 12.0 Å². The fourth-order valence-corrected chi connectivity index (χ4v) is 0.972. The van der Waals surface area contributed by atoms with Crippen molar-refractivity contribution in [2.45, 2.75) is 13.3 Å². The number of aryl methyl sites for hydroxylation is 1. The summed E-state index contributed by atoms with van der Waals surface area (Å²) in [4.78, 5) is 0. The minimum absolute atomic E-state index is 0.417. The summed E-state index contributed by atoms with van der Waals surface area (Å²) >= 11 is 0. The summed E-state index contributed by atoms with van der Waals surface area (Å²) in [5.74, 6) is -0.428. The van der Waals surface area contributed by atoms with Crippen LogP contribution in [0, 0.1) is 12.7 Å². The maximum Gasteiger partial charge on any atom is 0.255 e. The number of alkyl halides is 2. The molecule has 0 amide bonds. The van der Waals surface area contributed by atoms with Crippen LogP contribution in [0.5, 0.6) is 0 Å². The molecule has 72 valence electrons. The van der Waals surface area contributed by atoms with Crippen LogP contribution >= 0.6 is 0 Å². The van der Waals surface area contributed by atoms with E-state index in [0.717, 1.165) is 5.56 Å². The number of hydrogen-bond donors (Lipinski definition) is 1. The monoisotopic (exact) mass is 189 g/mol. The zero-order chi connectivity index (χ0) is 9.84. The molecule has 1 N–H and O–H groups in total. The van der Waals surface area contributed by atoms with E-state index in [1.807, 2.05) is 0 Å². The molecule has 1 nitrogen and oxygen atoms in total. The van der Waals surface area contributed by atoms with Gasteiger partial charge in [0.2, 0.25) is 0 Å². The molecule has 0 bridgehead atoms. The van der Waals surface area contributed by atoms with E-state index in [4.69, 9.17) is 0 Å². The van der Waals surface area contributed by atoms with Crippen molar-refractivity contribution in [1.82, 2.24) is 0 Å². The van der Waals surface area contributed by atoms with Crippen LogP contribution in [0.25, 0.3) is 0 Å². The summed E-state index contributed by atoms with van der Waals surface area (Å²) in [5.41, 5.74) is 1.17. The van der Waals surface area contributed by atoms with Crippen LogP contribution in [-0.4, -0.2) is 13.0 Å². The van der Waals surface area contributed by atoms with Crippen LogP contribution in [0.4, 0.5) is 18.9 Å². The molecular weight excluding hydrogens is 179 g/mol. The molecule has 1 aromatic carbocycles. The second kappa shape index (κ2) is 4.16. The van der Waals surface area contributed by atoms with Gasteiger partial charge >= 0.3 is 0 Å². The van der Waals surface area contributed by atoms with Crippen LogP contribution in [0.15, 0.2) is 18.2 Å². The molecule has 0 atom stereocenters. The molecule has 0 spiro atoms. The van der Waals surface area contributed by atoms with Crippen molar-refractivity contribution < 1.29 is 13.2 Å². The maximum absolute atomic E-state index is 12.6. The SMILES string of the molecule is Cc1ccc(F)cc1NCC(F)F. The third-order valence-electron chi connectivity index (χ3n) is 1.65. The Morgan fingerprint density at radius 2 is 2.08 bits per heavy atom. The van der Waals surface area contributed by atoms with E-state index in [1.165, 1.54) is 12.1 Å². The molecule has 0 radical (unpaired) electrons. The highest BCUT2D eigenvalue weighted by molar-refractivity contribution is 5.50. The first-order valence-corrected chi connectivity index (χ1v) is 3.88. The Bertz CT molecular complexity index is 286. The van der Waals surface area contributed by atoms with Crippen LogP contribution in [0.1, 0.15) is 5.56 Å². The van der Waals surface area contributed by atoms with Gasteiger partial charge in [-0.2, -0.15) is 0 Å². The predicted molar refractivity (Wildman–Crippen MR) is 45.6 cm³/mol. The Balaban J connectivity index is 2.70. The Morgan fingerprint density at radius 1 is 1.38 bits per heavy atom. The highest BCUT2D eigenvalue weighted by Gasteiger charge is 2.04. The third kappa shape index (κ3) is 2.97. The summed E-state index contributed by atoms with van der Waals surface area (Å²) in [6.45, 7) is 1.28. The van der Waals surface area contributed by atoms with Gasteiger partial charge in [-0.15, -0.1) is 0 Å². The van der Waals surface area contributed by atoms with Crippen molar-refractivity contribution in [3.8, 4) is 0 Å². The first-order chi connectivity index (χ1) is 6.09. The van der Waals surface area contributed by atoms with Gasteiger partial charge in [0.05, 0.1) is 6.54 Å².